The average molecular weight is 274 g/mol. The highest BCUT2D eigenvalue weighted by Gasteiger charge is 2.15. The minimum atomic E-state index is -0.505. The lowest BCUT2D eigenvalue weighted by Gasteiger charge is -2.19. The number of carbonyl (C=O) groups is 2. The number of aldehydes is 1. The van der Waals surface area contributed by atoms with Gasteiger partial charge < -0.3 is 10.1 Å². The molecule has 20 heavy (non-hydrogen) atoms. The quantitative estimate of drug-likeness (QED) is 0.521. The number of aromatic nitrogens is 1. The van der Waals surface area contributed by atoms with Crippen LogP contribution in [0.1, 0.15) is 43.4 Å². The summed E-state index contributed by atoms with van der Waals surface area (Å²) in [5.41, 5.74) is 0.380. The zero-order chi connectivity index (χ0) is 15.0. The van der Waals surface area contributed by atoms with Crippen molar-refractivity contribution in [1.82, 2.24) is 10.3 Å². The third-order valence-electron chi connectivity index (χ3n) is 2.03. The summed E-state index contributed by atoms with van der Waals surface area (Å²) in [5, 5.41) is 2.61. The van der Waals surface area contributed by atoms with Crippen LogP contribution in [0.3, 0.4) is 0 Å². The lowest BCUT2D eigenvalue weighted by atomic mass is 10.2. The molecule has 1 aromatic rings. The number of amides is 1. The first-order valence-electron chi connectivity index (χ1n) is 6.29. The molecular formula is C15H18N2O3. The Morgan fingerprint density at radius 3 is 2.85 bits per heavy atom. The highest BCUT2D eigenvalue weighted by Crippen LogP contribution is 2.06. The van der Waals surface area contributed by atoms with Gasteiger partial charge in [0.1, 0.15) is 17.0 Å². The van der Waals surface area contributed by atoms with Crippen LogP contribution in [0.4, 0.5) is 4.79 Å². The highest BCUT2D eigenvalue weighted by molar-refractivity contribution is 5.71. The molecule has 1 heterocycles. The fraction of sp³-hybridized carbons (Fsp3) is 0.400. The van der Waals surface area contributed by atoms with Gasteiger partial charge in [-0.2, -0.15) is 0 Å². The molecule has 0 aliphatic heterocycles. The Morgan fingerprint density at radius 1 is 1.45 bits per heavy atom. The van der Waals surface area contributed by atoms with Gasteiger partial charge in [0, 0.05) is 13.0 Å². The maximum absolute atomic E-state index is 11.3. The van der Waals surface area contributed by atoms with Crippen molar-refractivity contribution >= 4 is 12.4 Å². The van der Waals surface area contributed by atoms with E-state index in [1.54, 1.807) is 39.0 Å². The maximum atomic E-state index is 11.3. The number of rotatable bonds is 3. The number of nitrogens with one attached hydrogen (secondary N) is 1. The van der Waals surface area contributed by atoms with Crippen LogP contribution in [0, 0.1) is 11.8 Å². The van der Waals surface area contributed by atoms with Crippen molar-refractivity contribution in [3.05, 3.63) is 29.6 Å². The molecule has 5 heteroatoms. The molecule has 5 nitrogen and oxygen atoms in total. The summed E-state index contributed by atoms with van der Waals surface area (Å²) in [7, 11) is 0. The molecule has 0 aliphatic carbocycles. The van der Waals surface area contributed by atoms with Crippen LogP contribution in [0.2, 0.25) is 0 Å². The Morgan fingerprint density at radius 2 is 2.20 bits per heavy atom. The number of hydrogen-bond donors (Lipinski definition) is 1. The number of ether oxygens (including phenoxy) is 1. The molecule has 106 valence electrons. The van der Waals surface area contributed by atoms with E-state index in [2.05, 4.69) is 22.1 Å². The van der Waals surface area contributed by atoms with Gasteiger partial charge in [0.2, 0.25) is 0 Å². The fourth-order valence-corrected chi connectivity index (χ4v) is 1.28. The van der Waals surface area contributed by atoms with Gasteiger partial charge in [0.15, 0.2) is 6.29 Å². The first kappa shape index (κ1) is 15.7. The van der Waals surface area contributed by atoms with Crippen molar-refractivity contribution < 1.29 is 14.3 Å². The van der Waals surface area contributed by atoms with E-state index in [0.29, 0.717) is 30.6 Å². The number of carbonyl (C=O) groups excluding carboxylic acids is 2. The molecule has 1 amide bonds. The SMILES string of the molecule is CC(C)(C)OC(=O)NCCC#Cc1cccc(C=O)n1. The molecule has 0 atom stereocenters. The van der Waals surface area contributed by atoms with Crippen LogP contribution in [0.5, 0.6) is 0 Å². The van der Waals surface area contributed by atoms with Gasteiger partial charge in [0.05, 0.1) is 0 Å². The second kappa shape index (κ2) is 7.29. The van der Waals surface area contributed by atoms with Crippen molar-refractivity contribution in [3.8, 4) is 11.8 Å². The summed E-state index contributed by atoms with van der Waals surface area (Å²) >= 11 is 0. The van der Waals surface area contributed by atoms with Gasteiger partial charge in [-0.3, -0.25) is 4.79 Å². The number of nitrogens with zero attached hydrogens (tertiary/aromatic N) is 1. The van der Waals surface area contributed by atoms with E-state index in [9.17, 15) is 9.59 Å². The Balaban J connectivity index is 2.36. The van der Waals surface area contributed by atoms with Gasteiger partial charge in [-0.1, -0.05) is 12.0 Å². The fourth-order valence-electron chi connectivity index (χ4n) is 1.28. The minimum absolute atomic E-state index is 0.351. The van der Waals surface area contributed by atoms with Crippen molar-refractivity contribution in [1.29, 1.82) is 0 Å². The molecule has 1 rings (SSSR count). The van der Waals surface area contributed by atoms with Crippen LogP contribution < -0.4 is 5.32 Å². The van der Waals surface area contributed by atoms with Crippen molar-refractivity contribution in [2.24, 2.45) is 0 Å². The van der Waals surface area contributed by atoms with E-state index >= 15 is 0 Å². The molecule has 0 radical (unpaired) electrons. The predicted molar refractivity (Wildman–Crippen MR) is 75.4 cm³/mol. The van der Waals surface area contributed by atoms with Crippen LogP contribution in [0.15, 0.2) is 18.2 Å². The number of pyridine rings is 1. The van der Waals surface area contributed by atoms with Crippen LogP contribution in [-0.4, -0.2) is 29.5 Å². The van der Waals surface area contributed by atoms with E-state index in [1.807, 2.05) is 0 Å². The van der Waals surface area contributed by atoms with Gasteiger partial charge in [0.25, 0.3) is 0 Å². The number of hydrogen-bond acceptors (Lipinski definition) is 4. The van der Waals surface area contributed by atoms with Crippen molar-refractivity contribution in [2.75, 3.05) is 6.54 Å². The Kier molecular flexibility index (Phi) is 5.73. The summed E-state index contributed by atoms with van der Waals surface area (Å²) in [5.74, 6) is 5.70. The lowest BCUT2D eigenvalue weighted by molar-refractivity contribution is 0.0529. The number of alkyl carbamates (subject to hydrolysis) is 1. The van der Waals surface area contributed by atoms with E-state index in [4.69, 9.17) is 4.74 Å². The van der Waals surface area contributed by atoms with Crippen LogP contribution in [0.25, 0.3) is 0 Å². The van der Waals surface area contributed by atoms with E-state index in [1.165, 1.54) is 0 Å². The summed E-state index contributed by atoms with van der Waals surface area (Å²) < 4.78 is 5.08. The van der Waals surface area contributed by atoms with Gasteiger partial charge >= 0.3 is 6.09 Å². The van der Waals surface area contributed by atoms with Gasteiger partial charge in [-0.05, 0) is 38.8 Å². The third-order valence-corrected chi connectivity index (χ3v) is 2.03. The van der Waals surface area contributed by atoms with Crippen LogP contribution in [-0.2, 0) is 4.74 Å². The molecule has 0 spiro atoms. The summed E-state index contributed by atoms with van der Waals surface area (Å²) in [6, 6.07) is 5.06. The maximum Gasteiger partial charge on any atom is 0.407 e. The molecular weight excluding hydrogens is 256 g/mol. The van der Waals surface area contributed by atoms with Crippen LogP contribution >= 0.6 is 0 Å². The summed E-state index contributed by atoms with van der Waals surface area (Å²) in [6.45, 7) is 5.81. The molecule has 0 aromatic carbocycles. The Labute approximate surface area is 118 Å². The lowest BCUT2D eigenvalue weighted by Crippen LogP contribution is -2.32. The molecule has 0 aliphatic rings. The molecule has 0 fully saturated rings. The summed E-state index contributed by atoms with van der Waals surface area (Å²) in [4.78, 5) is 25.9. The molecule has 0 saturated heterocycles. The Hall–Kier alpha value is -2.35. The Bertz CT molecular complexity index is 536. The first-order valence-corrected chi connectivity index (χ1v) is 6.29. The second-order valence-electron chi connectivity index (χ2n) is 5.05. The molecule has 1 aromatic heterocycles. The minimum Gasteiger partial charge on any atom is -0.444 e. The predicted octanol–water partition coefficient (Wildman–Crippen LogP) is 2.16. The second-order valence-corrected chi connectivity index (χ2v) is 5.05. The van der Waals surface area contributed by atoms with E-state index < -0.39 is 11.7 Å². The largest absolute Gasteiger partial charge is 0.444 e. The molecule has 1 N–H and O–H groups in total. The average Bonchev–Trinajstić information content (AvgIpc) is 2.36. The molecule has 0 saturated carbocycles. The van der Waals surface area contributed by atoms with Gasteiger partial charge in [-0.25, -0.2) is 9.78 Å². The first-order chi connectivity index (χ1) is 9.40. The molecule has 0 unspecified atom stereocenters. The monoisotopic (exact) mass is 274 g/mol. The van der Waals surface area contributed by atoms with E-state index in [-0.39, 0.29) is 0 Å². The standard InChI is InChI=1S/C15H18N2O3/c1-15(2,3)20-14(19)16-10-5-4-7-12-8-6-9-13(11-18)17-12/h6,8-9,11H,5,10H2,1-3H3,(H,16,19). The smallest absolute Gasteiger partial charge is 0.407 e. The zero-order valence-electron chi connectivity index (χ0n) is 11.9. The van der Waals surface area contributed by atoms with Gasteiger partial charge in [-0.15, -0.1) is 0 Å². The highest BCUT2D eigenvalue weighted by atomic mass is 16.6. The topological polar surface area (TPSA) is 68.3 Å². The zero-order valence-corrected chi connectivity index (χ0v) is 11.9. The van der Waals surface area contributed by atoms with E-state index in [0.717, 1.165) is 0 Å². The van der Waals surface area contributed by atoms with Crippen molar-refractivity contribution in [2.45, 2.75) is 32.8 Å². The third kappa shape index (κ3) is 6.55. The summed E-state index contributed by atoms with van der Waals surface area (Å²) in [6.07, 6.45) is 0.696. The van der Waals surface area contributed by atoms with Crippen molar-refractivity contribution in [3.63, 3.8) is 0 Å². The molecule has 0 bridgehead atoms. The normalized spacial score (nSPS) is 10.2.